The van der Waals surface area contributed by atoms with Crippen LogP contribution >= 0.6 is 0 Å². The number of anilines is 1. The van der Waals surface area contributed by atoms with E-state index in [-0.39, 0.29) is 17.9 Å². The zero-order chi connectivity index (χ0) is 14.2. The van der Waals surface area contributed by atoms with E-state index in [1.165, 1.54) is 0 Å². The highest BCUT2D eigenvalue weighted by atomic mass is 16.5. The van der Waals surface area contributed by atoms with Crippen LogP contribution in [-0.4, -0.2) is 31.0 Å². The van der Waals surface area contributed by atoms with E-state index >= 15 is 0 Å². The second kappa shape index (κ2) is 4.91. The molecule has 0 radical (unpaired) electrons. The number of rotatable bonds is 2. The average Bonchev–Trinajstić information content (AvgIpc) is 2.34. The van der Waals surface area contributed by atoms with Crippen molar-refractivity contribution in [3.05, 3.63) is 23.8 Å². The van der Waals surface area contributed by atoms with E-state index in [2.05, 4.69) is 5.32 Å². The molecule has 1 atom stereocenters. The lowest BCUT2D eigenvalue weighted by molar-refractivity contribution is -0.125. The number of carbonyl (C=O) groups is 2. The number of carbonyl (C=O) groups excluding carboxylic acids is 2. The molecule has 1 heterocycles. The van der Waals surface area contributed by atoms with Gasteiger partial charge in [0.15, 0.2) is 6.10 Å². The molecular weight excluding hydrogens is 244 g/mol. The van der Waals surface area contributed by atoms with Crippen molar-refractivity contribution in [1.82, 2.24) is 5.32 Å². The van der Waals surface area contributed by atoms with Gasteiger partial charge in [-0.1, -0.05) is 0 Å². The van der Waals surface area contributed by atoms with Gasteiger partial charge >= 0.3 is 0 Å². The normalized spacial score (nSPS) is 18.1. The van der Waals surface area contributed by atoms with Crippen molar-refractivity contribution in [1.29, 1.82) is 0 Å². The first-order valence-electron chi connectivity index (χ1n) is 6.29. The quantitative estimate of drug-likeness (QED) is 0.880. The number of likely N-dealkylation sites (N-methyl/N-ethyl adjacent to an activating group) is 1. The summed E-state index contributed by atoms with van der Waals surface area (Å²) in [6, 6.07) is 5.17. The molecule has 2 amide bonds. The maximum absolute atomic E-state index is 11.9. The zero-order valence-corrected chi connectivity index (χ0v) is 11.6. The summed E-state index contributed by atoms with van der Waals surface area (Å²) in [6.45, 7) is 5.51. The lowest BCUT2D eigenvalue weighted by Crippen LogP contribution is -2.42. The maximum Gasteiger partial charge on any atom is 0.267 e. The van der Waals surface area contributed by atoms with Gasteiger partial charge in [-0.2, -0.15) is 0 Å². The van der Waals surface area contributed by atoms with Gasteiger partial charge in [0.1, 0.15) is 5.75 Å². The Bertz CT molecular complexity index is 525. The van der Waals surface area contributed by atoms with Crippen LogP contribution < -0.4 is 15.0 Å². The first kappa shape index (κ1) is 13.4. The third-order valence-electron chi connectivity index (χ3n) is 2.99. The summed E-state index contributed by atoms with van der Waals surface area (Å²) in [4.78, 5) is 25.2. The Kier molecular flexibility index (Phi) is 3.46. The first-order valence-corrected chi connectivity index (χ1v) is 6.29. The Hall–Kier alpha value is -2.04. The number of hydrogen-bond donors (Lipinski definition) is 1. The summed E-state index contributed by atoms with van der Waals surface area (Å²) < 4.78 is 5.54. The predicted octanol–water partition coefficient (Wildman–Crippen LogP) is 1.57. The van der Waals surface area contributed by atoms with Crippen LogP contribution in [0.4, 0.5) is 5.69 Å². The fourth-order valence-electron chi connectivity index (χ4n) is 2.00. The molecule has 0 saturated heterocycles. The molecule has 19 heavy (non-hydrogen) atoms. The molecule has 0 aliphatic carbocycles. The van der Waals surface area contributed by atoms with Crippen molar-refractivity contribution in [3.63, 3.8) is 0 Å². The summed E-state index contributed by atoms with van der Waals surface area (Å²) in [6.07, 6.45) is -0.527. The van der Waals surface area contributed by atoms with Crippen molar-refractivity contribution >= 4 is 17.5 Å². The first-order chi connectivity index (χ1) is 8.90. The van der Waals surface area contributed by atoms with Crippen LogP contribution in [0.25, 0.3) is 0 Å². The van der Waals surface area contributed by atoms with Crippen LogP contribution in [0.5, 0.6) is 5.75 Å². The Balaban J connectivity index is 2.32. The van der Waals surface area contributed by atoms with Crippen LogP contribution in [0.15, 0.2) is 18.2 Å². The molecule has 102 valence electrons. The SMILES string of the molecule is CC(C)NC(=O)c1ccc2c(c1)OC(C)C(=O)N2C. The minimum Gasteiger partial charge on any atom is -0.479 e. The highest BCUT2D eigenvalue weighted by Crippen LogP contribution is 2.33. The molecule has 5 nitrogen and oxygen atoms in total. The molecule has 1 aromatic carbocycles. The monoisotopic (exact) mass is 262 g/mol. The third kappa shape index (κ3) is 2.54. The fraction of sp³-hybridized carbons (Fsp3) is 0.429. The van der Waals surface area contributed by atoms with E-state index in [9.17, 15) is 9.59 Å². The number of hydrogen-bond acceptors (Lipinski definition) is 3. The van der Waals surface area contributed by atoms with Gasteiger partial charge < -0.3 is 15.0 Å². The number of nitrogens with one attached hydrogen (secondary N) is 1. The van der Waals surface area contributed by atoms with Gasteiger partial charge in [0.25, 0.3) is 11.8 Å². The molecule has 0 saturated carbocycles. The summed E-state index contributed by atoms with van der Waals surface area (Å²) >= 11 is 0. The van der Waals surface area contributed by atoms with E-state index in [1.54, 1.807) is 37.1 Å². The van der Waals surface area contributed by atoms with Crippen molar-refractivity contribution < 1.29 is 14.3 Å². The van der Waals surface area contributed by atoms with Gasteiger partial charge in [-0.3, -0.25) is 9.59 Å². The second-order valence-electron chi connectivity index (χ2n) is 4.97. The van der Waals surface area contributed by atoms with Gasteiger partial charge in [-0.05, 0) is 39.0 Å². The van der Waals surface area contributed by atoms with Crippen molar-refractivity contribution in [2.75, 3.05) is 11.9 Å². The van der Waals surface area contributed by atoms with E-state index in [0.29, 0.717) is 17.0 Å². The minimum atomic E-state index is -0.527. The lowest BCUT2D eigenvalue weighted by atomic mass is 10.1. The van der Waals surface area contributed by atoms with Gasteiger partial charge in [0.2, 0.25) is 0 Å². The van der Waals surface area contributed by atoms with Crippen molar-refractivity contribution in [2.45, 2.75) is 32.9 Å². The summed E-state index contributed by atoms with van der Waals surface area (Å²) in [5, 5.41) is 2.82. The second-order valence-corrected chi connectivity index (χ2v) is 4.97. The number of benzene rings is 1. The molecular formula is C14H18N2O3. The smallest absolute Gasteiger partial charge is 0.267 e. The Labute approximate surface area is 112 Å². The van der Waals surface area contributed by atoms with E-state index in [4.69, 9.17) is 4.74 Å². The Morgan fingerprint density at radius 3 is 2.74 bits per heavy atom. The molecule has 1 aliphatic heterocycles. The van der Waals surface area contributed by atoms with Crippen LogP contribution in [0.2, 0.25) is 0 Å². The lowest BCUT2D eigenvalue weighted by Gasteiger charge is -2.30. The maximum atomic E-state index is 11.9. The predicted molar refractivity (Wildman–Crippen MR) is 72.5 cm³/mol. The highest BCUT2D eigenvalue weighted by molar-refractivity contribution is 6.01. The summed E-state index contributed by atoms with van der Waals surface area (Å²) in [5.74, 6) is 0.325. The molecule has 1 aliphatic rings. The number of nitrogens with zero attached hydrogens (tertiary/aromatic N) is 1. The van der Waals surface area contributed by atoms with Crippen LogP contribution in [0.1, 0.15) is 31.1 Å². The molecule has 0 bridgehead atoms. The van der Waals surface area contributed by atoms with Crippen molar-refractivity contribution in [3.8, 4) is 5.75 Å². The summed E-state index contributed by atoms with van der Waals surface area (Å²) in [5.41, 5.74) is 1.21. The van der Waals surface area contributed by atoms with Crippen molar-refractivity contribution in [2.24, 2.45) is 0 Å². The third-order valence-corrected chi connectivity index (χ3v) is 2.99. The van der Waals surface area contributed by atoms with Crippen LogP contribution in [-0.2, 0) is 4.79 Å². The fourth-order valence-corrected chi connectivity index (χ4v) is 2.00. The molecule has 1 N–H and O–H groups in total. The number of amides is 2. The molecule has 2 rings (SSSR count). The molecule has 0 spiro atoms. The largest absolute Gasteiger partial charge is 0.479 e. The van der Waals surface area contributed by atoms with Crippen LogP contribution in [0, 0.1) is 0 Å². The minimum absolute atomic E-state index is 0.0765. The number of ether oxygens (including phenoxy) is 1. The van der Waals surface area contributed by atoms with E-state index < -0.39 is 6.10 Å². The van der Waals surface area contributed by atoms with Gasteiger partial charge in [-0.25, -0.2) is 0 Å². The molecule has 0 aromatic heterocycles. The molecule has 1 unspecified atom stereocenters. The Morgan fingerprint density at radius 2 is 2.11 bits per heavy atom. The van der Waals surface area contributed by atoms with Gasteiger partial charge in [-0.15, -0.1) is 0 Å². The topological polar surface area (TPSA) is 58.6 Å². The molecule has 1 aromatic rings. The van der Waals surface area contributed by atoms with Gasteiger partial charge in [0, 0.05) is 18.7 Å². The zero-order valence-electron chi connectivity index (χ0n) is 11.6. The van der Waals surface area contributed by atoms with Gasteiger partial charge in [0.05, 0.1) is 5.69 Å². The summed E-state index contributed by atoms with van der Waals surface area (Å²) in [7, 11) is 1.70. The molecule has 5 heteroatoms. The van der Waals surface area contributed by atoms with E-state index in [0.717, 1.165) is 0 Å². The Morgan fingerprint density at radius 1 is 1.42 bits per heavy atom. The van der Waals surface area contributed by atoms with Crippen LogP contribution in [0.3, 0.4) is 0 Å². The average molecular weight is 262 g/mol. The standard InChI is InChI=1S/C14H18N2O3/c1-8(2)15-13(17)10-5-6-11-12(7-10)19-9(3)14(18)16(11)4/h5-9H,1-4H3,(H,15,17). The number of fused-ring (bicyclic) bond motifs is 1. The highest BCUT2D eigenvalue weighted by Gasteiger charge is 2.29. The molecule has 0 fully saturated rings. The van der Waals surface area contributed by atoms with E-state index in [1.807, 2.05) is 13.8 Å².